The van der Waals surface area contributed by atoms with Gasteiger partial charge in [0.15, 0.2) is 0 Å². The fourth-order valence-electron chi connectivity index (χ4n) is 1.11. The molecule has 1 rings (SSSR count). The average molecular weight is 286 g/mol. The average Bonchev–Trinajstić information content (AvgIpc) is 2.26. The summed E-state index contributed by atoms with van der Waals surface area (Å²) < 4.78 is 65.1. The molecule has 5 nitrogen and oxygen atoms in total. The van der Waals surface area contributed by atoms with E-state index in [0.29, 0.717) is 0 Å². The van der Waals surface area contributed by atoms with Crippen molar-refractivity contribution in [2.75, 3.05) is 30.8 Å². The number of nitrogens with zero attached hydrogens (tertiary/aromatic N) is 2. The number of halogens is 5. The van der Waals surface area contributed by atoms with E-state index in [1.165, 1.54) is 0 Å². The highest BCUT2D eigenvalue weighted by atomic mass is 19.4. The molecule has 0 bridgehead atoms. The Morgan fingerprint density at radius 2 is 2.00 bits per heavy atom. The third-order valence-electron chi connectivity index (χ3n) is 1.80. The van der Waals surface area contributed by atoms with E-state index in [1.807, 2.05) is 0 Å². The first kappa shape index (κ1) is 15.3. The summed E-state index contributed by atoms with van der Waals surface area (Å²) in [7, 11) is 0. The van der Waals surface area contributed by atoms with Gasteiger partial charge in [-0.1, -0.05) is 0 Å². The summed E-state index contributed by atoms with van der Waals surface area (Å²) >= 11 is 0. The summed E-state index contributed by atoms with van der Waals surface area (Å²) in [5.74, 6) is -1.87. The molecule has 0 aromatic carbocycles. The molecular weight excluding hydrogens is 275 g/mol. The number of alkyl halides is 5. The summed E-state index contributed by atoms with van der Waals surface area (Å²) in [5.41, 5.74) is 5.20. The lowest BCUT2D eigenvalue weighted by Crippen LogP contribution is -2.17. The van der Waals surface area contributed by atoms with E-state index in [9.17, 15) is 22.0 Å². The van der Waals surface area contributed by atoms with E-state index >= 15 is 0 Å². The first-order valence-electron chi connectivity index (χ1n) is 5.10. The Morgan fingerprint density at radius 3 is 2.58 bits per heavy atom. The van der Waals surface area contributed by atoms with Crippen molar-refractivity contribution in [2.45, 2.75) is 12.6 Å². The Hall–Kier alpha value is -1.71. The van der Waals surface area contributed by atoms with Crippen molar-refractivity contribution in [3.05, 3.63) is 11.9 Å². The maximum atomic E-state index is 12.4. The highest BCUT2D eigenvalue weighted by Gasteiger charge is 2.35. The van der Waals surface area contributed by atoms with Crippen LogP contribution < -0.4 is 11.1 Å². The van der Waals surface area contributed by atoms with E-state index in [1.54, 1.807) is 0 Å². The highest BCUT2D eigenvalue weighted by molar-refractivity contribution is 5.44. The molecule has 0 aliphatic heterocycles. The minimum atomic E-state index is -4.71. The second kappa shape index (κ2) is 6.45. The van der Waals surface area contributed by atoms with Crippen molar-refractivity contribution in [3.8, 4) is 0 Å². The molecule has 10 heteroatoms. The second-order valence-corrected chi connectivity index (χ2v) is 3.39. The van der Waals surface area contributed by atoms with Crippen LogP contribution in [0.1, 0.15) is 5.82 Å². The number of nitrogen functional groups attached to an aromatic ring is 1. The lowest BCUT2D eigenvalue weighted by atomic mass is 10.4. The van der Waals surface area contributed by atoms with E-state index < -0.39 is 25.0 Å². The maximum absolute atomic E-state index is 12.4. The maximum Gasteiger partial charge on any atom is 0.451 e. The molecule has 0 unspecified atom stereocenters. The van der Waals surface area contributed by atoms with E-state index in [-0.39, 0.29) is 24.8 Å². The molecule has 108 valence electrons. The molecular formula is C9H11F5N4O. The number of ether oxygens (including phenoxy) is 1. The third kappa shape index (κ3) is 5.64. The van der Waals surface area contributed by atoms with Crippen molar-refractivity contribution in [1.29, 1.82) is 0 Å². The lowest BCUT2D eigenvalue weighted by Gasteiger charge is -2.10. The molecule has 0 spiro atoms. The highest BCUT2D eigenvalue weighted by Crippen LogP contribution is 2.27. The van der Waals surface area contributed by atoms with Gasteiger partial charge in [0, 0.05) is 12.6 Å². The summed E-state index contributed by atoms with van der Waals surface area (Å²) in [6.07, 6.45) is -7.30. The largest absolute Gasteiger partial charge is 0.451 e. The van der Waals surface area contributed by atoms with Gasteiger partial charge in [0.1, 0.15) is 18.2 Å². The number of anilines is 2. The quantitative estimate of drug-likeness (QED) is 0.616. The molecule has 0 saturated heterocycles. The van der Waals surface area contributed by atoms with Crippen LogP contribution in [0.15, 0.2) is 6.07 Å². The van der Waals surface area contributed by atoms with E-state index in [0.717, 1.165) is 6.07 Å². The molecule has 3 N–H and O–H groups in total. The molecule has 19 heavy (non-hydrogen) atoms. The van der Waals surface area contributed by atoms with Crippen molar-refractivity contribution >= 4 is 11.6 Å². The van der Waals surface area contributed by atoms with Gasteiger partial charge in [-0.05, 0) is 0 Å². The predicted molar refractivity (Wildman–Crippen MR) is 56.8 cm³/mol. The van der Waals surface area contributed by atoms with Crippen molar-refractivity contribution in [2.24, 2.45) is 0 Å². The molecule has 0 fully saturated rings. The van der Waals surface area contributed by atoms with Gasteiger partial charge in [-0.2, -0.15) is 13.2 Å². The molecule has 1 heterocycles. The molecule has 1 aromatic heterocycles. The van der Waals surface area contributed by atoms with Crippen LogP contribution in [0.5, 0.6) is 0 Å². The third-order valence-corrected chi connectivity index (χ3v) is 1.80. The molecule has 0 radical (unpaired) electrons. The smallest absolute Gasteiger partial charge is 0.384 e. The number of nitrogens with one attached hydrogen (secondary N) is 1. The van der Waals surface area contributed by atoms with Crippen LogP contribution in [0, 0.1) is 0 Å². The van der Waals surface area contributed by atoms with Crippen LogP contribution in [0.2, 0.25) is 0 Å². The van der Waals surface area contributed by atoms with Gasteiger partial charge in [-0.3, -0.25) is 0 Å². The summed E-state index contributed by atoms with van der Waals surface area (Å²) in [4.78, 5) is 6.25. The van der Waals surface area contributed by atoms with Gasteiger partial charge in [0.25, 0.3) is 6.43 Å². The topological polar surface area (TPSA) is 73.1 Å². The first-order chi connectivity index (χ1) is 8.79. The molecule has 0 aliphatic carbocycles. The Bertz CT molecular complexity index is 412. The van der Waals surface area contributed by atoms with Crippen LogP contribution in [0.4, 0.5) is 33.6 Å². The second-order valence-electron chi connectivity index (χ2n) is 3.39. The molecule has 0 amide bonds. The molecule has 0 saturated carbocycles. The Morgan fingerprint density at radius 1 is 1.32 bits per heavy atom. The zero-order valence-electron chi connectivity index (χ0n) is 9.55. The summed E-state index contributed by atoms with van der Waals surface area (Å²) in [6, 6.07) is 1.10. The molecule has 0 aliphatic rings. The van der Waals surface area contributed by atoms with Crippen molar-refractivity contribution in [3.63, 3.8) is 0 Å². The zero-order chi connectivity index (χ0) is 14.5. The van der Waals surface area contributed by atoms with Crippen LogP contribution in [0.3, 0.4) is 0 Å². The molecule has 0 atom stereocenters. The van der Waals surface area contributed by atoms with Gasteiger partial charge < -0.3 is 15.8 Å². The van der Waals surface area contributed by atoms with Crippen LogP contribution in [0.25, 0.3) is 0 Å². The first-order valence-corrected chi connectivity index (χ1v) is 5.10. The number of hydrogen-bond acceptors (Lipinski definition) is 5. The van der Waals surface area contributed by atoms with E-state index in [4.69, 9.17) is 5.73 Å². The Kier molecular flexibility index (Phi) is 5.21. The standard InChI is InChI=1S/C9H11F5N4O/c10-5(11)4-19-2-1-16-7-3-6(15)17-8(18-7)9(12,13)14/h3,5H,1-2,4H2,(H3,15,16,17,18). The fourth-order valence-corrected chi connectivity index (χ4v) is 1.11. The monoisotopic (exact) mass is 286 g/mol. The van der Waals surface area contributed by atoms with Gasteiger partial charge in [0.05, 0.1) is 6.61 Å². The molecule has 1 aromatic rings. The fraction of sp³-hybridized carbons (Fsp3) is 0.556. The lowest BCUT2D eigenvalue weighted by molar-refractivity contribution is -0.144. The SMILES string of the molecule is Nc1cc(NCCOCC(F)F)nc(C(F)(F)F)n1. The Balaban J connectivity index is 2.52. The number of aromatic nitrogens is 2. The van der Waals surface area contributed by atoms with Gasteiger partial charge in [-0.25, -0.2) is 18.7 Å². The minimum absolute atomic E-state index is 0.0144. The van der Waals surface area contributed by atoms with Crippen LogP contribution >= 0.6 is 0 Å². The number of nitrogens with two attached hydrogens (primary N) is 1. The van der Waals surface area contributed by atoms with Gasteiger partial charge >= 0.3 is 6.18 Å². The van der Waals surface area contributed by atoms with Crippen molar-refractivity contribution in [1.82, 2.24) is 9.97 Å². The van der Waals surface area contributed by atoms with Crippen LogP contribution in [-0.4, -0.2) is 36.2 Å². The minimum Gasteiger partial charge on any atom is -0.384 e. The Labute approximate surface area is 105 Å². The summed E-state index contributed by atoms with van der Waals surface area (Å²) in [6.45, 7) is -0.822. The summed E-state index contributed by atoms with van der Waals surface area (Å²) in [5, 5.41) is 2.47. The predicted octanol–water partition coefficient (Wildman–Crippen LogP) is 1.77. The van der Waals surface area contributed by atoms with Gasteiger partial charge in [0.2, 0.25) is 5.82 Å². The van der Waals surface area contributed by atoms with Gasteiger partial charge in [-0.15, -0.1) is 0 Å². The van der Waals surface area contributed by atoms with Crippen LogP contribution in [-0.2, 0) is 10.9 Å². The van der Waals surface area contributed by atoms with E-state index in [2.05, 4.69) is 20.0 Å². The van der Waals surface area contributed by atoms with Crippen molar-refractivity contribution < 1.29 is 26.7 Å². The number of hydrogen-bond donors (Lipinski definition) is 2. The zero-order valence-corrected chi connectivity index (χ0v) is 9.55. The number of rotatable bonds is 6. The normalized spacial score (nSPS) is 11.9.